The van der Waals surface area contributed by atoms with Crippen LogP contribution in [-0.4, -0.2) is 44.8 Å². The molecule has 1 fully saturated rings. The van der Waals surface area contributed by atoms with Gasteiger partial charge in [-0.3, -0.25) is 4.90 Å². The summed E-state index contributed by atoms with van der Waals surface area (Å²) in [4.78, 5) is 2.55. The standard InChI is InChI=1S/C36H48N2O2/c1-36(2)27-30-25-32(39-3)19-16-29(30)26-34(36)33-12-6-7-13-35(33)37-20-10-11-28-14-17-31(18-15-28)40-24-23-38-21-8-4-5-9-22-38/h6-7,12-19,25,34,37H,4-5,8-11,20-24,26-27H2,1-3H3. The van der Waals surface area contributed by atoms with Gasteiger partial charge in [-0.1, -0.05) is 63.1 Å². The Kier molecular flexibility index (Phi) is 9.70. The van der Waals surface area contributed by atoms with Crippen molar-refractivity contribution in [3.63, 3.8) is 0 Å². The van der Waals surface area contributed by atoms with Crippen LogP contribution in [-0.2, 0) is 19.3 Å². The number of hydrogen-bond acceptors (Lipinski definition) is 4. The highest BCUT2D eigenvalue weighted by molar-refractivity contribution is 5.55. The number of anilines is 1. The van der Waals surface area contributed by atoms with Crippen molar-refractivity contribution in [2.45, 2.75) is 71.1 Å². The molecule has 214 valence electrons. The average molecular weight is 541 g/mol. The fraction of sp³-hybridized carbons (Fsp3) is 0.500. The summed E-state index contributed by atoms with van der Waals surface area (Å²) >= 11 is 0. The van der Waals surface area contributed by atoms with E-state index in [9.17, 15) is 0 Å². The highest BCUT2D eigenvalue weighted by atomic mass is 16.5. The van der Waals surface area contributed by atoms with Crippen LogP contribution in [0.5, 0.6) is 11.5 Å². The van der Waals surface area contributed by atoms with Crippen molar-refractivity contribution >= 4 is 5.69 Å². The van der Waals surface area contributed by atoms with Crippen molar-refractivity contribution in [3.05, 3.63) is 89.0 Å². The van der Waals surface area contributed by atoms with Crippen LogP contribution in [0.3, 0.4) is 0 Å². The van der Waals surface area contributed by atoms with Gasteiger partial charge in [-0.2, -0.15) is 0 Å². The summed E-state index contributed by atoms with van der Waals surface area (Å²) in [5, 5.41) is 3.79. The van der Waals surface area contributed by atoms with E-state index in [4.69, 9.17) is 9.47 Å². The topological polar surface area (TPSA) is 33.7 Å². The molecule has 1 atom stereocenters. The molecule has 1 aliphatic carbocycles. The smallest absolute Gasteiger partial charge is 0.119 e. The van der Waals surface area contributed by atoms with Crippen molar-refractivity contribution < 1.29 is 9.47 Å². The van der Waals surface area contributed by atoms with Gasteiger partial charge in [-0.15, -0.1) is 0 Å². The molecule has 1 N–H and O–H groups in total. The van der Waals surface area contributed by atoms with Crippen molar-refractivity contribution in [1.29, 1.82) is 0 Å². The number of fused-ring (bicyclic) bond motifs is 1. The number of likely N-dealkylation sites (tertiary alicyclic amines) is 1. The summed E-state index contributed by atoms with van der Waals surface area (Å²) in [6.07, 6.45) is 9.72. The molecule has 40 heavy (non-hydrogen) atoms. The third kappa shape index (κ3) is 7.40. The maximum Gasteiger partial charge on any atom is 0.119 e. The van der Waals surface area contributed by atoms with Crippen molar-refractivity contribution in [1.82, 2.24) is 4.90 Å². The van der Waals surface area contributed by atoms with Gasteiger partial charge in [-0.05, 0) is 116 Å². The molecular weight excluding hydrogens is 492 g/mol. The summed E-state index contributed by atoms with van der Waals surface area (Å²) in [6.45, 7) is 10.1. The number of nitrogens with zero attached hydrogens (tertiary/aromatic N) is 1. The van der Waals surface area contributed by atoms with E-state index in [0.717, 1.165) is 56.9 Å². The van der Waals surface area contributed by atoms with Crippen molar-refractivity contribution in [2.75, 3.05) is 45.2 Å². The first kappa shape index (κ1) is 28.5. The van der Waals surface area contributed by atoms with Gasteiger partial charge in [0.2, 0.25) is 0 Å². The van der Waals surface area contributed by atoms with E-state index in [2.05, 4.69) is 90.8 Å². The third-order valence-electron chi connectivity index (χ3n) is 9.02. The highest BCUT2D eigenvalue weighted by Gasteiger charge is 2.37. The molecule has 3 aromatic carbocycles. The van der Waals surface area contributed by atoms with Crippen LogP contribution < -0.4 is 14.8 Å². The Hall–Kier alpha value is -2.98. The molecule has 0 spiro atoms. The first-order valence-corrected chi connectivity index (χ1v) is 15.4. The van der Waals surface area contributed by atoms with Gasteiger partial charge in [0.25, 0.3) is 0 Å². The molecular formula is C36H48N2O2. The molecule has 2 aliphatic rings. The minimum absolute atomic E-state index is 0.175. The summed E-state index contributed by atoms with van der Waals surface area (Å²) in [7, 11) is 1.75. The average Bonchev–Trinajstić information content (AvgIpc) is 3.24. The molecule has 3 aromatic rings. The lowest BCUT2D eigenvalue weighted by Crippen LogP contribution is -2.32. The maximum atomic E-state index is 6.05. The first-order chi connectivity index (χ1) is 19.5. The Labute approximate surface area is 242 Å². The SMILES string of the molecule is COc1ccc2c(c1)CC(C)(C)C(c1ccccc1NCCCc1ccc(OCCN3CCCCCC3)cc1)C2. The van der Waals surface area contributed by atoms with Crippen molar-refractivity contribution in [3.8, 4) is 11.5 Å². The maximum absolute atomic E-state index is 6.05. The molecule has 1 aliphatic heterocycles. The number of hydrogen-bond donors (Lipinski definition) is 1. The molecule has 1 unspecified atom stereocenters. The van der Waals surface area contributed by atoms with E-state index >= 15 is 0 Å². The molecule has 0 aromatic heterocycles. The van der Waals surface area contributed by atoms with Crippen LogP contribution >= 0.6 is 0 Å². The van der Waals surface area contributed by atoms with Gasteiger partial charge < -0.3 is 14.8 Å². The molecule has 1 saturated heterocycles. The second kappa shape index (κ2) is 13.6. The minimum atomic E-state index is 0.175. The van der Waals surface area contributed by atoms with Gasteiger partial charge in [-0.25, -0.2) is 0 Å². The Morgan fingerprint density at radius 1 is 0.875 bits per heavy atom. The lowest BCUT2D eigenvalue weighted by Gasteiger charge is -2.41. The second-order valence-corrected chi connectivity index (χ2v) is 12.4. The van der Waals surface area contributed by atoms with Crippen LogP contribution in [0, 0.1) is 5.41 Å². The largest absolute Gasteiger partial charge is 0.497 e. The predicted molar refractivity (Wildman–Crippen MR) is 167 cm³/mol. The lowest BCUT2D eigenvalue weighted by molar-refractivity contribution is 0.214. The Bertz CT molecular complexity index is 1210. The van der Waals surface area contributed by atoms with Gasteiger partial charge >= 0.3 is 0 Å². The minimum Gasteiger partial charge on any atom is -0.497 e. The third-order valence-corrected chi connectivity index (χ3v) is 9.02. The first-order valence-electron chi connectivity index (χ1n) is 15.4. The molecule has 4 heteroatoms. The predicted octanol–water partition coefficient (Wildman–Crippen LogP) is 7.90. The summed E-state index contributed by atoms with van der Waals surface area (Å²) in [5.41, 5.74) is 7.15. The molecule has 1 heterocycles. The van der Waals surface area contributed by atoms with E-state index in [1.165, 1.54) is 66.7 Å². The molecule has 0 amide bonds. The monoisotopic (exact) mass is 540 g/mol. The van der Waals surface area contributed by atoms with E-state index < -0.39 is 0 Å². The lowest BCUT2D eigenvalue weighted by atomic mass is 9.64. The summed E-state index contributed by atoms with van der Waals surface area (Å²) in [5.74, 6) is 2.42. The van der Waals surface area contributed by atoms with E-state index in [0.29, 0.717) is 5.92 Å². The number of nitrogens with one attached hydrogen (secondary N) is 1. The van der Waals surface area contributed by atoms with Gasteiger partial charge in [0.05, 0.1) is 7.11 Å². The zero-order chi connectivity index (χ0) is 27.8. The molecule has 0 bridgehead atoms. The quantitative estimate of drug-likeness (QED) is 0.251. The fourth-order valence-electron chi connectivity index (χ4n) is 6.62. The molecule has 0 radical (unpaired) electrons. The van der Waals surface area contributed by atoms with Crippen LogP contribution in [0.4, 0.5) is 5.69 Å². The molecule has 5 rings (SSSR count). The summed E-state index contributed by atoms with van der Waals surface area (Å²) < 4.78 is 11.5. The second-order valence-electron chi connectivity index (χ2n) is 12.4. The van der Waals surface area contributed by atoms with Crippen LogP contribution in [0.25, 0.3) is 0 Å². The number of methoxy groups -OCH3 is 1. The fourth-order valence-corrected chi connectivity index (χ4v) is 6.62. The number of aryl methyl sites for hydroxylation is 1. The Morgan fingerprint density at radius 3 is 2.40 bits per heavy atom. The number of rotatable bonds is 11. The Balaban J connectivity index is 1.11. The van der Waals surface area contributed by atoms with E-state index in [1.54, 1.807) is 7.11 Å². The van der Waals surface area contributed by atoms with Crippen LogP contribution in [0.1, 0.15) is 74.1 Å². The van der Waals surface area contributed by atoms with Gasteiger partial charge in [0.15, 0.2) is 0 Å². The van der Waals surface area contributed by atoms with Crippen LogP contribution in [0.2, 0.25) is 0 Å². The number of ether oxygens (including phenoxy) is 2. The molecule has 4 nitrogen and oxygen atoms in total. The normalized spacial score (nSPS) is 18.9. The highest BCUT2D eigenvalue weighted by Crippen LogP contribution is 2.47. The zero-order valence-corrected chi connectivity index (χ0v) is 24.9. The van der Waals surface area contributed by atoms with Gasteiger partial charge in [0.1, 0.15) is 18.1 Å². The zero-order valence-electron chi connectivity index (χ0n) is 24.9. The molecule has 0 saturated carbocycles. The number of benzene rings is 3. The van der Waals surface area contributed by atoms with Crippen molar-refractivity contribution in [2.24, 2.45) is 5.41 Å². The Morgan fingerprint density at radius 2 is 1.62 bits per heavy atom. The van der Waals surface area contributed by atoms with E-state index in [1.807, 2.05) is 0 Å². The van der Waals surface area contributed by atoms with Gasteiger partial charge in [0, 0.05) is 18.8 Å². The number of para-hydroxylation sites is 1. The van der Waals surface area contributed by atoms with Crippen LogP contribution in [0.15, 0.2) is 66.7 Å². The van der Waals surface area contributed by atoms with E-state index in [-0.39, 0.29) is 5.41 Å². The summed E-state index contributed by atoms with van der Waals surface area (Å²) in [6, 6.07) is 24.3.